The number of halogens is 1. The molecule has 2 atom stereocenters. The summed E-state index contributed by atoms with van der Waals surface area (Å²) in [7, 11) is 1.70. The Morgan fingerprint density at radius 1 is 1.59 bits per heavy atom. The van der Waals surface area contributed by atoms with Crippen molar-refractivity contribution in [2.45, 2.75) is 32.4 Å². The molecule has 1 aliphatic rings. The summed E-state index contributed by atoms with van der Waals surface area (Å²) in [5.41, 5.74) is -0.0335. The van der Waals surface area contributed by atoms with Crippen LogP contribution in [0.4, 0.5) is 0 Å². The molecule has 1 aromatic rings. The minimum atomic E-state index is -0.177. The largest absolute Gasteiger partial charge is 0.444 e. The number of methoxy groups -OCH3 is 1. The molecule has 0 aromatic carbocycles. The van der Waals surface area contributed by atoms with Crippen LogP contribution in [0, 0.1) is 5.41 Å². The third-order valence-electron chi connectivity index (χ3n) is 3.56. The van der Waals surface area contributed by atoms with Crippen LogP contribution in [0.3, 0.4) is 0 Å². The fourth-order valence-electron chi connectivity index (χ4n) is 2.20. The maximum absolute atomic E-state index is 11.9. The highest BCUT2D eigenvalue weighted by Gasteiger charge is 2.49. The van der Waals surface area contributed by atoms with Crippen molar-refractivity contribution in [3.8, 4) is 0 Å². The van der Waals surface area contributed by atoms with Gasteiger partial charge in [-0.05, 0) is 34.5 Å². The number of furan rings is 1. The molecule has 1 aliphatic carbocycles. The Kier molecular flexibility index (Phi) is 3.32. The summed E-state index contributed by atoms with van der Waals surface area (Å²) in [6.45, 7) is 4.18. The first-order valence-corrected chi connectivity index (χ1v) is 6.33. The SMILES string of the molecule is COC1CC(NC(=O)c2ccc(Br)o2)C1(C)C. The third-order valence-corrected chi connectivity index (χ3v) is 3.99. The standard InChI is InChI=1S/C12H16BrNO3/c1-12(2)8(6-9(12)16-3)14-11(15)7-4-5-10(13)17-7/h4-5,8-9H,6H2,1-3H3,(H,14,15). The smallest absolute Gasteiger partial charge is 0.287 e. The van der Waals surface area contributed by atoms with Crippen molar-refractivity contribution in [2.24, 2.45) is 5.41 Å². The van der Waals surface area contributed by atoms with Gasteiger partial charge >= 0.3 is 0 Å². The monoisotopic (exact) mass is 301 g/mol. The molecule has 2 unspecified atom stereocenters. The van der Waals surface area contributed by atoms with Gasteiger partial charge in [-0.15, -0.1) is 0 Å². The van der Waals surface area contributed by atoms with E-state index in [9.17, 15) is 4.79 Å². The van der Waals surface area contributed by atoms with E-state index < -0.39 is 0 Å². The molecule has 1 aromatic heterocycles. The Bertz CT molecular complexity index is 427. The number of carbonyl (C=O) groups is 1. The molecule has 0 aliphatic heterocycles. The Hall–Kier alpha value is -0.810. The second-order valence-electron chi connectivity index (χ2n) is 4.91. The predicted molar refractivity (Wildman–Crippen MR) is 66.9 cm³/mol. The molecule has 17 heavy (non-hydrogen) atoms. The molecule has 1 saturated carbocycles. The predicted octanol–water partition coefficient (Wildman–Crippen LogP) is 2.59. The van der Waals surface area contributed by atoms with Crippen molar-refractivity contribution >= 4 is 21.8 Å². The van der Waals surface area contributed by atoms with Crippen LogP contribution in [0.25, 0.3) is 0 Å². The average molecular weight is 302 g/mol. The third kappa shape index (κ3) is 2.26. The van der Waals surface area contributed by atoms with Gasteiger partial charge in [0.15, 0.2) is 10.4 Å². The highest BCUT2D eigenvalue weighted by molar-refractivity contribution is 9.10. The van der Waals surface area contributed by atoms with E-state index in [4.69, 9.17) is 9.15 Å². The first-order chi connectivity index (χ1) is 7.95. The number of hydrogen-bond donors (Lipinski definition) is 1. The van der Waals surface area contributed by atoms with Crippen LogP contribution < -0.4 is 5.32 Å². The van der Waals surface area contributed by atoms with Gasteiger partial charge in [0.2, 0.25) is 0 Å². The summed E-state index contributed by atoms with van der Waals surface area (Å²) in [5.74, 6) is 0.150. The van der Waals surface area contributed by atoms with E-state index in [1.807, 2.05) is 0 Å². The highest BCUT2D eigenvalue weighted by atomic mass is 79.9. The Labute approximate surface area is 109 Å². The molecule has 94 valence electrons. The van der Waals surface area contributed by atoms with Gasteiger partial charge in [-0.25, -0.2) is 0 Å². The normalized spacial score (nSPS) is 26.4. The molecule has 5 heteroatoms. The number of nitrogens with one attached hydrogen (secondary N) is 1. The van der Waals surface area contributed by atoms with Crippen LogP contribution >= 0.6 is 15.9 Å². The van der Waals surface area contributed by atoms with E-state index in [2.05, 4.69) is 35.1 Å². The Morgan fingerprint density at radius 3 is 2.76 bits per heavy atom. The number of rotatable bonds is 3. The molecule has 4 nitrogen and oxygen atoms in total. The van der Waals surface area contributed by atoms with E-state index in [1.165, 1.54) is 0 Å². The first-order valence-electron chi connectivity index (χ1n) is 5.54. The van der Waals surface area contributed by atoms with Crippen LogP contribution in [0.5, 0.6) is 0 Å². The first kappa shape index (κ1) is 12.6. The molecule has 1 heterocycles. The number of hydrogen-bond acceptors (Lipinski definition) is 3. The summed E-state index contributed by atoms with van der Waals surface area (Å²) in [6.07, 6.45) is 1.05. The maximum Gasteiger partial charge on any atom is 0.287 e. The molecule has 2 rings (SSSR count). The maximum atomic E-state index is 11.9. The molecular weight excluding hydrogens is 286 g/mol. The molecule has 1 N–H and O–H groups in total. The van der Waals surface area contributed by atoms with Crippen molar-refractivity contribution in [3.63, 3.8) is 0 Å². The van der Waals surface area contributed by atoms with Gasteiger partial charge in [0.25, 0.3) is 5.91 Å². The van der Waals surface area contributed by atoms with E-state index in [1.54, 1.807) is 19.2 Å². The van der Waals surface area contributed by atoms with Crippen LogP contribution in [0.15, 0.2) is 21.2 Å². The summed E-state index contributed by atoms with van der Waals surface area (Å²) in [4.78, 5) is 11.9. The minimum Gasteiger partial charge on any atom is -0.444 e. The Morgan fingerprint density at radius 2 is 2.29 bits per heavy atom. The van der Waals surface area contributed by atoms with Gasteiger partial charge in [0.05, 0.1) is 6.10 Å². The highest BCUT2D eigenvalue weighted by Crippen LogP contribution is 2.42. The fraction of sp³-hybridized carbons (Fsp3) is 0.583. The summed E-state index contributed by atoms with van der Waals surface area (Å²) in [6, 6.07) is 3.49. The number of amides is 1. The second kappa shape index (κ2) is 4.46. The van der Waals surface area contributed by atoms with Gasteiger partial charge in [-0.3, -0.25) is 4.79 Å². The molecule has 1 fully saturated rings. The lowest BCUT2D eigenvalue weighted by atomic mass is 9.64. The zero-order valence-electron chi connectivity index (χ0n) is 10.1. The van der Waals surface area contributed by atoms with Crippen molar-refractivity contribution in [2.75, 3.05) is 7.11 Å². The van der Waals surface area contributed by atoms with Gasteiger partial charge in [0.1, 0.15) is 0 Å². The molecular formula is C12H16BrNO3. The molecule has 0 spiro atoms. The minimum absolute atomic E-state index is 0.0335. The van der Waals surface area contributed by atoms with E-state index in [0.717, 1.165) is 6.42 Å². The van der Waals surface area contributed by atoms with Gasteiger partial charge in [-0.1, -0.05) is 13.8 Å². The topological polar surface area (TPSA) is 51.5 Å². The molecule has 0 bridgehead atoms. The quantitative estimate of drug-likeness (QED) is 0.933. The van der Waals surface area contributed by atoms with Crippen molar-refractivity contribution in [1.82, 2.24) is 5.32 Å². The second-order valence-corrected chi connectivity index (χ2v) is 5.69. The Balaban J connectivity index is 1.97. The zero-order chi connectivity index (χ0) is 12.6. The lowest BCUT2D eigenvalue weighted by Gasteiger charge is -2.51. The van der Waals surface area contributed by atoms with Gasteiger partial charge in [0, 0.05) is 18.6 Å². The summed E-state index contributed by atoms with van der Waals surface area (Å²) in [5, 5.41) is 2.97. The van der Waals surface area contributed by atoms with Crippen LogP contribution in [0.1, 0.15) is 30.8 Å². The van der Waals surface area contributed by atoms with E-state index >= 15 is 0 Å². The molecule has 0 radical (unpaired) electrons. The fourth-order valence-corrected chi connectivity index (χ4v) is 2.50. The average Bonchev–Trinajstić information content (AvgIpc) is 2.70. The number of ether oxygens (including phenoxy) is 1. The zero-order valence-corrected chi connectivity index (χ0v) is 11.7. The van der Waals surface area contributed by atoms with Crippen molar-refractivity contribution < 1.29 is 13.9 Å². The van der Waals surface area contributed by atoms with Crippen LogP contribution in [-0.2, 0) is 4.74 Å². The molecule has 1 amide bonds. The summed E-state index contributed by atoms with van der Waals surface area (Å²) >= 11 is 3.17. The van der Waals surface area contributed by atoms with Crippen molar-refractivity contribution in [3.05, 3.63) is 22.6 Å². The van der Waals surface area contributed by atoms with Crippen molar-refractivity contribution in [1.29, 1.82) is 0 Å². The van der Waals surface area contributed by atoms with Gasteiger partial charge in [-0.2, -0.15) is 0 Å². The summed E-state index contributed by atoms with van der Waals surface area (Å²) < 4.78 is 11.1. The van der Waals surface area contributed by atoms with Crippen LogP contribution in [0.2, 0.25) is 0 Å². The lowest BCUT2D eigenvalue weighted by molar-refractivity contribution is -0.0943. The van der Waals surface area contributed by atoms with Crippen LogP contribution in [-0.4, -0.2) is 25.2 Å². The lowest BCUT2D eigenvalue weighted by Crippen LogP contribution is -2.61. The number of carbonyl (C=O) groups excluding carboxylic acids is 1. The van der Waals surface area contributed by atoms with E-state index in [-0.39, 0.29) is 23.5 Å². The van der Waals surface area contributed by atoms with Gasteiger partial charge < -0.3 is 14.5 Å². The molecule has 0 saturated heterocycles. The van der Waals surface area contributed by atoms with E-state index in [0.29, 0.717) is 10.4 Å².